The Labute approximate surface area is 236 Å². The van der Waals surface area contributed by atoms with Crippen molar-refractivity contribution < 1.29 is 43.3 Å². The predicted octanol–water partition coefficient (Wildman–Crippen LogP) is -0.0232. The number of esters is 1. The van der Waals surface area contributed by atoms with Gasteiger partial charge in [-0.15, -0.1) is 23.1 Å². The zero-order chi connectivity index (χ0) is 25.5. The Hall–Kier alpha value is -2.39. The second-order valence-electron chi connectivity index (χ2n) is 7.40. The minimum atomic E-state index is -1.35. The molecule has 0 unspecified atom stereocenters. The summed E-state index contributed by atoms with van der Waals surface area (Å²) in [5.74, 6) is -3.57. The van der Waals surface area contributed by atoms with Crippen LogP contribution in [0.15, 0.2) is 28.8 Å². The van der Waals surface area contributed by atoms with E-state index in [2.05, 4.69) is 10.1 Å². The number of ether oxygens (including phenoxy) is 2. The topological polar surface area (TPSA) is 168 Å². The zero-order valence-corrected chi connectivity index (χ0v) is 20.2. The van der Waals surface area contributed by atoms with Gasteiger partial charge in [0.15, 0.2) is 0 Å². The number of carboxylic acid groups (broad SMARTS) is 1. The standard InChI is InChI=1S/C21H23N3O9S2.Na.H/c1-2-32-21(31)23-13(25)5-6-15(27)33-9-11-10-35-19-16(18(28)24(19)17(11)20(29)30)22-14(26)8-12-4-3-7-34-12;;/h3-4,7,16,19H,2,5-6,8-10H2,1H3,(H,22,26)(H,29,30)(H,23,25,31);;/t16-,19-;;/m1../s1. The predicted molar refractivity (Wildman–Crippen MR) is 130 cm³/mol. The Balaban J connectivity index is 0.00000456. The average Bonchev–Trinajstić information content (AvgIpc) is 3.32. The second-order valence-corrected chi connectivity index (χ2v) is 9.54. The summed E-state index contributed by atoms with van der Waals surface area (Å²) in [6.45, 7) is 1.28. The molecule has 1 fully saturated rings. The molecular formula is C21H24N3NaO9S2. The summed E-state index contributed by atoms with van der Waals surface area (Å²) in [4.78, 5) is 73.5. The molecule has 3 rings (SSSR count). The van der Waals surface area contributed by atoms with E-state index in [1.807, 2.05) is 16.8 Å². The number of fused-ring (bicyclic) bond motifs is 1. The number of alkyl carbamates (subject to hydrolysis) is 1. The number of thiophene rings is 1. The van der Waals surface area contributed by atoms with E-state index in [-0.39, 0.29) is 85.0 Å². The Morgan fingerprint density at radius 2 is 1.92 bits per heavy atom. The quantitative estimate of drug-likeness (QED) is 0.205. The molecule has 2 atom stereocenters. The summed E-state index contributed by atoms with van der Waals surface area (Å²) >= 11 is 2.67. The fraction of sp³-hybridized carbons (Fsp3) is 0.429. The van der Waals surface area contributed by atoms with Crippen molar-refractivity contribution in [2.24, 2.45) is 0 Å². The fourth-order valence-electron chi connectivity index (χ4n) is 3.39. The normalized spacial score (nSPS) is 18.2. The maximum absolute atomic E-state index is 12.7. The van der Waals surface area contributed by atoms with Gasteiger partial charge in [-0.1, -0.05) is 6.07 Å². The van der Waals surface area contributed by atoms with Gasteiger partial charge in [-0.25, -0.2) is 9.59 Å². The molecule has 12 nitrogen and oxygen atoms in total. The Morgan fingerprint density at radius 3 is 2.56 bits per heavy atom. The molecule has 190 valence electrons. The molecule has 0 aliphatic carbocycles. The average molecular weight is 550 g/mol. The number of hydrogen-bond acceptors (Lipinski definition) is 10. The Morgan fingerprint density at radius 1 is 1.17 bits per heavy atom. The fourth-order valence-corrected chi connectivity index (χ4v) is 5.42. The van der Waals surface area contributed by atoms with Gasteiger partial charge < -0.3 is 19.9 Å². The molecule has 3 N–H and O–H groups in total. The first kappa shape index (κ1) is 29.8. The number of nitrogens with zero attached hydrogens (tertiary/aromatic N) is 1. The second kappa shape index (κ2) is 13.8. The zero-order valence-electron chi connectivity index (χ0n) is 18.6. The van der Waals surface area contributed by atoms with Crippen LogP contribution in [0.2, 0.25) is 0 Å². The molecule has 0 saturated carbocycles. The molecule has 36 heavy (non-hydrogen) atoms. The summed E-state index contributed by atoms with van der Waals surface area (Å²) in [6.07, 6.45) is -1.45. The van der Waals surface area contributed by atoms with E-state index in [0.717, 1.165) is 9.78 Å². The summed E-state index contributed by atoms with van der Waals surface area (Å²) in [5.41, 5.74) is -0.0600. The van der Waals surface area contributed by atoms with Gasteiger partial charge in [0.2, 0.25) is 11.8 Å². The van der Waals surface area contributed by atoms with Crippen LogP contribution >= 0.6 is 23.1 Å². The van der Waals surface area contributed by atoms with Gasteiger partial charge >= 0.3 is 47.6 Å². The summed E-state index contributed by atoms with van der Waals surface area (Å²) in [6, 6.07) is 2.78. The molecule has 2 aliphatic rings. The molecule has 4 amide bonds. The number of nitrogens with one attached hydrogen (secondary N) is 2. The molecule has 1 saturated heterocycles. The van der Waals surface area contributed by atoms with Crippen LogP contribution in [0.1, 0.15) is 24.6 Å². The molecule has 0 aromatic carbocycles. The van der Waals surface area contributed by atoms with Gasteiger partial charge in [-0.3, -0.25) is 29.4 Å². The van der Waals surface area contributed by atoms with E-state index in [1.165, 1.54) is 23.1 Å². The van der Waals surface area contributed by atoms with Crippen molar-refractivity contribution >= 4 is 88.4 Å². The van der Waals surface area contributed by atoms with Crippen LogP contribution in [0.25, 0.3) is 0 Å². The molecular weight excluding hydrogens is 525 g/mol. The van der Waals surface area contributed by atoms with Crippen molar-refractivity contribution in [3.05, 3.63) is 33.7 Å². The molecule has 0 spiro atoms. The minimum absolute atomic E-state index is 0. The number of amides is 4. The van der Waals surface area contributed by atoms with E-state index in [9.17, 15) is 33.9 Å². The van der Waals surface area contributed by atoms with Crippen LogP contribution in [0.3, 0.4) is 0 Å². The first-order valence-corrected chi connectivity index (χ1v) is 12.5. The first-order chi connectivity index (χ1) is 16.7. The third-order valence-corrected chi connectivity index (χ3v) is 7.18. The number of carbonyl (C=O) groups is 6. The maximum atomic E-state index is 12.7. The van der Waals surface area contributed by atoms with E-state index in [0.29, 0.717) is 0 Å². The number of hydrogen-bond donors (Lipinski definition) is 3. The van der Waals surface area contributed by atoms with Gasteiger partial charge in [0.25, 0.3) is 5.91 Å². The van der Waals surface area contributed by atoms with E-state index in [1.54, 1.807) is 13.0 Å². The van der Waals surface area contributed by atoms with Gasteiger partial charge in [0, 0.05) is 22.6 Å². The van der Waals surface area contributed by atoms with E-state index in [4.69, 9.17) is 4.74 Å². The van der Waals surface area contributed by atoms with Crippen molar-refractivity contribution in [3.8, 4) is 0 Å². The van der Waals surface area contributed by atoms with Gasteiger partial charge in [-0.2, -0.15) is 0 Å². The molecule has 1 aromatic rings. The van der Waals surface area contributed by atoms with Gasteiger partial charge in [0.1, 0.15) is 23.7 Å². The SMILES string of the molecule is CCOC(=O)NC(=O)CCC(=O)OCC1=C(C(=O)O)N2C(=O)[C@@H](NC(=O)Cc3cccs3)[C@H]2SC1.[NaH]. The molecule has 3 heterocycles. The van der Waals surface area contributed by atoms with Crippen molar-refractivity contribution in [2.45, 2.75) is 37.6 Å². The summed E-state index contributed by atoms with van der Waals surface area (Å²) in [7, 11) is 0. The van der Waals surface area contributed by atoms with Gasteiger partial charge in [0.05, 0.1) is 19.4 Å². The van der Waals surface area contributed by atoms with Gasteiger partial charge in [-0.05, 0) is 18.4 Å². The molecule has 0 bridgehead atoms. The van der Waals surface area contributed by atoms with Crippen molar-refractivity contribution in [2.75, 3.05) is 19.0 Å². The third kappa shape index (κ3) is 7.56. The number of rotatable bonds is 10. The van der Waals surface area contributed by atoms with E-state index >= 15 is 0 Å². The number of carbonyl (C=O) groups excluding carboxylic acids is 5. The van der Waals surface area contributed by atoms with Crippen molar-refractivity contribution in [3.63, 3.8) is 0 Å². The number of β-lactam (4-membered cyclic amide) rings is 1. The van der Waals surface area contributed by atoms with Crippen LogP contribution in [0.5, 0.6) is 0 Å². The summed E-state index contributed by atoms with van der Waals surface area (Å²) < 4.78 is 9.64. The number of aliphatic carboxylic acids is 1. The van der Waals surface area contributed by atoms with Crippen LogP contribution in [-0.2, 0) is 39.9 Å². The first-order valence-electron chi connectivity index (χ1n) is 10.5. The van der Waals surface area contributed by atoms with Crippen molar-refractivity contribution in [1.29, 1.82) is 0 Å². The van der Waals surface area contributed by atoms with Crippen LogP contribution < -0.4 is 10.6 Å². The molecule has 2 aliphatic heterocycles. The van der Waals surface area contributed by atoms with Crippen LogP contribution in [-0.4, -0.2) is 106 Å². The Kier molecular flexibility index (Phi) is 11.4. The number of imide groups is 1. The Bertz CT molecular complexity index is 1060. The monoisotopic (exact) mass is 549 g/mol. The molecule has 1 aromatic heterocycles. The number of thioether (sulfide) groups is 1. The number of carboxylic acids is 1. The summed E-state index contributed by atoms with van der Waals surface area (Å²) in [5, 5.41) is 15.5. The van der Waals surface area contributed by atoms with Crippen LogP contribution in [0, 0.1) is 0 Å². The van der Waals surface area contributed by atoms with E-state index < -0.39 is 41.3 Å². The molecule has 0 radical (unpaired) electrons. The van der Waals surface area contributed by atoms with Crippen LogP contribution in [0.4, 0.5) is 4.79 Å². The van der Waals surface area contributed by atoms with Crippen molar-refractivity contribution in [1.82, 2.24) is 15.5 Å². The molecule has 15 heteroatoms. The third-order valence-electron chi connectivity index (χ3n) is 4.96.